The van der Waals surface area contributed by atoms with Gasteiger partial charge in [-0.05, 0) is 18.4 Å². The van der Waals surface area contributed by atoms with E-state index in [4.69, 9.17) is 4.74 Å². The molecule has 1 aromatic carbocycles. The predicted octanol–water partition coefficient (Wildman–Crippen LogP) is 2.70. The lowest BCUT2D eigenvalue weighted by Crippen LogP contribution is -2.38. The standard InChI is InChI=1S/C16H17N5O2S/c22-16(23-10-12-4-2-1-3-5-12)20-8-6-13(7-9-20)14-19-21-11-17-18-15(21)24-14/h1-5,11,13H,6-10H2. The van der Waals surface area contributed by atoms with Gasteiger partial charge >= 0.3 is 6.09 Å². The Morgan fingerprint density at radius 2 is 2.04 bits per heavy atom. The number of aromatic nitrogens is 4. The maximum atomic E-state index is 12.2. The monoisotopic (exact) mass is 343 g/mol. The summed E-state index contributed by atoms with van der Waals surface area (Å²) in [5, 5.41) is 13.4. The van der Waals surface area contributed by atoms with Gasteiger partial charge in [0.15, 0.2) is 0 Å². The van der Waals surface area contributed by atoms with Crippen molar-refractivity contribution >= 4 is 22.4 Å². The molecule has 2 aromatic heterocycles. The number of likely N-dealkylation sites (tertiary alicyclic amines) is 1. The van der Waals surface area contributed by atoms with Gasteiger partial charge in [0.2, 0.25) is 4.96 Å². The minimum atomic E-state index is -0.240. The van der Waals surface area contributed by atoms with Crippen LogP contribution >= 0.6 is 11.3 Å². The number of amides is 1. The normalized spacial score (nSPS) is 15.8. The Morgan fingerprint density at radius 1 is 1.25 bits per heavy atom. The Bertz CT molecular complexity index is 795. The van der Waals surface area contributed by atoms with Crippen molar-refractivity contribution in [3.8, 4) is 0 Å². The zero-order valence-electron chi connectivity index (χ0n) is 13.0. The summed E-state index contributed by atoms with van der Waals surface area (Å²) in [5.74, 6) is 0.370. The average Bonchev–Trinajstić information content (AvgIpc) is 3.23. The van der Waals surface area contributed by atoms with Gasteiger partial charge in [-0.25, -0.2) is 4.79 Å². The molecule has 1 aliphatic heterocycles. The van der Waals surface area contributed by atoms with E-state index in [9.17, 15) is 4.79 Å². The Balaban J connectivity index is 1.30. The lowest BCUT2D eigenvalue weighted by molar-refractivity contribution is 0.0870. The third-order valence-corrected chi connectivity index (χ3v) is 5.29. The number of fused-ring (bicyclic) bond motifs is 1. The highest BCUT2D eigenvalue weighted by molar-refractivity contribution is 7.16. The van der Waals surface area contributed by atoms with E-state index in [0.717, 1.165) is 28.4 Å². The molecule has 0 bridgehead atoms. The number of carbonyl (C=O) groups is 1. The van der Waals surface area contributed by atoms with E-state index in [-0.39, 0.29) is 6.09 Å². The van der Waals surface area contributed by atoms with Gasteiger partial charge in [0.1, 0.15) is 17.9 Å². The van der Waals surface area contributed by atoms with Crippen molar-refractivity contribution < 1.29 is 9.53 Å². The van der Waals surface area contributed by atoms with Crippen LogP contribution in [0.25, 0.3) is 4.96 Å². The molecule has 4 rings (SSSR count). The summed E-state index contributed by atoms with van der Waals surface area (Å²) in [6.07, 6.45) is 3.16. The number of hydrogen-bond acceptors (Lipinski definition) is 6. The van der Waals surface area contributed by atoms with Crippen LogP contribution in [0.4, 0.5) is 4.79 Å². The minimum Gasteiger partial charge on any atom is -0.445 e. The molecular formula is C16H17N5O2S. The van der Waals surface area contributed by atoms with Crippen LogP contribution in [0, 0.1) is 0 Å². The third kappa shape index (κ3) is 3.09. The number of benzene rings is 1. The maximum absolute atomic E-state index is 12.2. The largest absolute Gasteiger partial charge is 0.445 e. The number of carbonyl (C=O) groups excluding carboxylic acids is 1. The topological polar surface area (TPSA) is 72.6 Å². The molecule has 1 fully saturated rings. The van der Waals surface area contributed by atoms with Crippen LogP contribution in [-0.4, -0.2) is 43.9 Å². The molecule has 0 N–H and O–H groups in total. The Labute approximate surface area is 142 Å². The summed E-state index contributed by atoms with van der Waals surface area (Å²) in [6, 6.07) is 9.73. The second-order valence-corrected chi connectivity index (χ2v) is 6.79. The molecule has 0 unspecified atom stereocenters. The molecule has 8 heteroatoms. The van der Waals surface area contributed by atoms with Gasteiger partial charge in [0, 0.05) is 19.0 Å². The number of rotatable bonds is 3. The van der Waals surface area contributed by atoms with Gasteiger partial charge < -0.3 is 9.64 Å². The molecule has 3 heterocycles. The molecule has 124 valence electrons. The zero-order valence-corrected chi connectivity index (χ0v) is 13.9. The lowest BCUT2D eigenvalue weighted by atomic mass is 9.98. The van der Waals surface area contributed by atoms with E-state index in [2.05, 4.69) is 15.3 Å². The summed E-state index contributed by atoms with van der Waals surface area (Å²) in [7, 11) is 0. The third-order valence-electron chi connectivity index (χ3n) is 4.21. The summed E-state index contributed by atoms with van der Waals surface area (Å²) in [5.41, 5.74) is 1.00. The zero-order chi connectivity index (χ0) is 16.4. The molecule has 0 atom stereocenters. The van der Waals surface area contributed by atoms with E-state index < -0.39 is 0 Å². The second-order valence-electron chi connectivity index (χ2n) is 5.80. The first-order valence-corrected chi connectivity index (χ1v) is 8.73. The summed E-state index contributed by atoms with van der Waals surface area (Å²) >= 11 is 1.57. The lowest BCUT2D eigenvalue weighted by Gasteiger charge is -2.30. The Hall–Kier alpha value is -2.48. The first kappa shape index (κ1) is 15.1. The highest BCUT2D eigenvalue weighted by Gasteiger charge is 2.27. The van der Waals surface area contributed by atoms with Crippen molar-refractivity contribution in [2.75, 3.05) is 13.1 Å². The van der Waals surface area contributed by atoms with Gasteiger partial charge in [-0.1, -0.05) is 41.7 Å². The Kier molecular flexibility index (Phi) is 4.12. The molecule has 0 radical (unpaired) electrons. The molecule has 3 aromatic rings. The number of piperidine rings is 1. The molecule has 7 nitrogen and oxygen atoms in total. The molecule has 24 heavy (non-hydrogen) atoms. The fourth-order valence-electron chi connectivity index (χ4n) is 2.86. The summed E-state index contributed by atoms with van der Waals surface area (Å²) in [4.78, 5) is 14.8. The van der Waals surface area contributed by atoms with E-state index in [1.54, 1.807) is 27.1 Å². The molecule has 0 spiro atoms. The van der Waals surface area contributed by atoms with Crippen LogP contribution in [0.3, 0.4) is 0 Å². The second kappa shape index (κ2) is 6.56. The van der Waals surface area contributed by atoms with E-state index >= 15 is 0 Å². The first-order chi connectivity index (χ1) is 11.8. The van der Waals surface area contributed by atoms with Gasteiger partial charge in [-0.2, -0.15) is 9.61 Å². The Morgan fingerprint density at radius 3 is 2.79 bits per heavy atom. The fraction of sp³-hybridized carbons (Fsp3) is 0.375. The number of ether oxygens (including phenoxy) is 1. The highest BCUT2D eigenvalue weighted by atomic mass is 32.1. The van der Waals surface area contributed by atoms with Crippen molar-refractivity contribution in [3.63, 3.8) is 0 Å². The average molecular weight is 343 g/mol. The van der Waals surface area contributed by atoms with Crippen molar-refractivity contribution in [3.05, 3.63) is 47.2 Å². The molecule has 1 amide bonds. The van der Waals surface area contributed by atoms with Gasteiger partial charge in [-0.3, -0.25) is 0 Å². The quantitative estimate of drug-likeness (QED) is 0.731. The van der Waals surface area contributed by atoms with Crippen LogP contribution in [0.1, 0.15) is 29.3 Å². The molecule has 0 saturated carbocycles. The van der Waals surface area contributed by atoms with Crippen molar-refractivity contribution in [2.24, 2.45) is 0 Å². The fourth-order valence-corrected chi connectivity index (χ4v) is 3.85. The number of hydrogen-bond donors (Lipinski definition) is 0. The van der Waals surface area contributed by atoms with Crippen LogP contribution in [-0.2, 0) is 11.3 Å². The van der Waals surface area contributed by atoms with Gasteiger partial charge in [-0.15, -0.1) is 10.2 Å². The van der Waals surface area contributed by atoms with Crippen LogP contribution in [0.5, 0.6) is 0 Å². The van der Waals surface area contributed by atoms with E-state index in [1.807, 2.05) is 30.3 Å². The van der Waals surface area contributed by atoms with Crippen LogP contribution in [0.15, 0.2) is 36.7 Å². The first-order valence-electron chi connectivity index (χ1n) is 7.92. The molecular weight excluding hydrogens is 326 g/mol. The van der Waals surface area contributed by atoms with Gasteiger partial charge in [0.25, 0.3) is 0 Å². The summed E-state index contributed by atoms with van der Waals surface area (Å²) in [6.45, 7) is 1.70. The molecule has 0 aliphatic carbocycles. The number of nitrogens with zero attached hydrogens (tertiary/aromatic N) is 5. The van der Waals surface area contributed by atoms with Gasteiger partial charge in [0.05, 0.1) is 0 Å². The van der Waals surface area contributed by atoms with E-state index in [0.29, 0.717) is 25.6 Å². The molecule has 1 saturated heterocycles. The SMILES string of the molecule is O=C(OCc1ccccc1)N1CCC(c2nn3cnnc3s2)CC1. The van der Waals surface area contributed by atoms with Crippen LogP contribution < -0.4 is 0 Å². The summed E-state index contributed by atoms with van der Waals surface area (Å²) < 4.78 is 7.10. The minimum absolute atomic E-state index is 0.240. The smallest absolute Gasteiger partial charge is 0.410 e. The van der Waals surface area contributed by atoms with Crippen LogP contribution in [0.2, 0.25) is 0 Å². The van der Waals surface area contributed by atoms with E-state index in [1.165, 1.54) is 0 Å². The maximum Gasteiger partial charge on any atom is 0.410 e. The highest BCUT2D eigenvalue weighted by Crippen LogP contribution is 2.30. The predicted molar refractivity (Wildman–Crippen MR) is 88.8 cm³/mol. The molecule has 1 aliphatic rings. The van der Waals surface area contributed by atoms with Crippen molar-refractivity contribution in [1.82, 2.24) is 24.7 Å². The van der Waals surface area contributed by atoms with Crippen molar-refractivity contribution in [2.45, 2.75) is 25.4 Å². The van der Waals surface area contributed by atoms with Crippen molar-refractivity contribution in [1.29, 1.82) is 0 Å².